The van der Waals surface area contributed by atoms with Crippen LogP contribution in [0.3, 0.4) is 0 Å². The molecule has 3 aromatic carbocycles. The van der Waals surface area contributed by atoms with Gasteiger partial charge >= 0.3 is 0 Å². The third kappa shape index (κ3) is 4.84. The molecule has 0 unspecified atom stereocenters. The second kappa shape index (κ2) is 9.14. The van der Waals surface area contributed by atoms with Crippen molar-refractivity contribution in [3.05, 3.63) is 89.5 Å². The van der Waals surface area contributed by atoms with Gasteiger partial charge in [-0.1, -0.05) is 42.5 Å². The molecule has 7 heteroatoms. The van der Waals surface area contributed by atoms with E-state index in [0.29, 0.717) is 6.54 Å². The summed E-state index contributed by atoms with van der Waals surface area (Å²) < 4.78 is 27.5. The van der Waals surface area contributed by atoms with Gasteiger partial charge in [-0.2, -0.15) is 0 Å². The van der Waals surface area contributed by atoms with Crippen LogP contribution >= 0.6 is 0 Å². The molecule has 1 amide bonds. The Hall–Kier alpha value is -3.16. The van der Waals surface area contributed by atoms with Crippen LogP contribution in [0.2, 0.25) is 0 Å². The van der Waals surface area contributed by atoms with Crippen LogP contribution in [0, 0.1) is 0 Å². The fourth-order valence-corrected chi connectivity index (χ4v) is 5.23. The summed E-state index contributed by atoms with van der Waals surface area (Å²) >= 11 is 0. The fourth-order valence-electron chi connectivity index (χ4n) is 3.93. The van der Waals surface area contributed by atoms with E-state index < -0.39 is 10.0 Å². The van der Waals surface area contributed by atoms with Gasteiger partial charge in [0.1, 0.15) is 0 Å². The number of benzene rings is 3. The summed E-state index contributed by atoms with van der Waals surface area (Å²) in [7, 11) is -3.68. The maximum atomic E-state index is 13.0. The lowest BCUT2D eigenvalue weighted by atomic mass is 10.1. The standard InChI is InChI=1S/C25H27N3O3S/c1-18(2)27-32(30,31)22-11-7-10-20(16-22)25(29)26-23-12-5-3-9-21(23)17-28-15-14-19-8-4-6-13-24(19)28/h3-13,16,18,27H,14-15,17H2,1-2H3,(H,26,29). The SMILES string of the molecule is CC(C)NS(=O)(=O)c1cccc(C(=O)Nc2ccccc2CN2CCc3ccccc32)c1. The number of hydrogen-bond donors (Lipinski definition) is 2. The molecule has 1 heterocycles. The smallest absolute Gasteiger partial charge is 0.255 e. The largest absolute Gasteiger partial charge is 0.367 e. The van der Waals surface area contributed by atoms with Gasteiger partial charge in [-0.05, 0) is 61.7 Å². The molecule has 0 saturated heterocycles. The summed E-state index contributed by atoms with van der Waals surface area (Å²) in [5, 5.41) is 2.96. The number of carbonyl (C=O) groups is 1. The second-order valence-electron chi connectivity index (χ2n) is 8.22. The molecule has 0 aromatic heterocycles. The number of para-hydroxylation sites is 2. The molecule has 0 aliphatic carbocycles. The van der Waals surface area contributed by atoms with Gasteiger partial charge in [-0.3, -0.25) is 4.79 Å². The highest BCUT2D eigenvalue weighted by molar-refractivity contribution is 7.89. The van der Waals surface area contributed by atoms with Crippen molar-refractivity contribution in [2.24, 2.45) is 0 Å². The van der Waals surface area contributed by atoms with Crippen LogP contribution in [0.25, 0.3) is 0 Å². The van der Waals surface area contributed by atoms with E-state index in [0.717, 1.165) is 24.2 Å². The van der Waals surface area contributed by atoms with E-state index in [1.54, 1.807) is 26.0 Å². The molecule has 2 N–H and O–H groups in total. The first kappa shape index (κ1) is 22.0. The van der Waals surface area contributed by atoms with E-state index in [2.05, 4.69) is 33.1 Å². The van der Waals surface area contributed by atoms with Crippen LogP contribution in [0.4, 0.5) is 11.4 Å². The third-order valence-corrected chi connectivity index (χ3v) is 7.06. The minimum atomic E-state index is -3.68. The zero-order valence-corrected chi connectivity index (χ0v) is 19.0. The number of nitrogens with zero attached hydrogens (tertiary/aromatic N) is 1. The number of amides is 1. The van der Waals surface area contributed by atoms with Crippen LogP contribution in [-0.2, 0) is 23.0 Å². The van der Waals surface area contributed by atoms with E-state index in [-0.39, 0.29) is 22.4 Å². The van der Waals surface area contributed by atoms with Gasteiger partial charge in [0.05, 0.1) is 4.90 Å². The Bertz CT molecular complexity index is 1240. The lowest BCUT2D eigenvalue weighted by molar-refractivity contribution is 0.102. The summed E-state index contributed by atoms with van der Waals surface area (Å²) in [6.45, 7) is 5.12. The van der Waals surface area contributed by atoms with Gasteiger partial charge in [0, 0.05) is 36.1 Å². The zero-order valence-electron chi connectivity index (χ0n) is 18.2. The topological polar surface area (TPSA) is 78.5 Å². The molecule has 6 nitrogen and oxygen atoms in total. The molecule has 1 aliphatic rings. The summed E-state index contributed by atoms with van der Waals surface area (Å²) in [6, 6.07) is 21.9. The van der Waals surface area contributed by atoms with Crippen molar-refractivity contribution in [2.75, 3.05) is 16.8 Å². The fraction of sp³-hybridized carbons (Fsp3) is 0.240. The van der Waals surface area contributed by atoms with Crippen LogP contribution in [-0.4, -0.2) is 26.9 Å². The minimum absolute atomic E-state index is 0.0702. The van der Waals surface area contributed by atoms with Crippen molar-refractivity contribution in [1.29, 1.82) is 0 Å². The molecule has 32 heavy (non-hydrogen) atoms. The molecule has 0 fully saturated rings. The van der Waals surface area contributed by atoms with Crippen molar-refractivity contribution in [2.45, 2.75) is 37.8 Å². The predicted molar refractivity (Wildman–Crippen MR) is 127 cm³/mol. The Morgan fingerprint density at radius 3 is 2.56 bits per heavy atom. The summed E-state index contributed by atoms with van der Waals surface area (Å²) in [5.41, 5.74) is 4.57. The highest BCUT2D eigenvalue weighted by Crippen LogP contribution is 2.30. The Kier molecular flexibility index (Phi) is 6.30. The maximum Gasteiger partial charge on any atom is 0.255 e. The normalized spacial score (nSPS) is 13.3. The molecule has 0 saturated carbocycles. The number of rotatable bonds is 7. The van der Waals surface area contributed by atoms with Gasteiger partial charge in [0.15, 0.2) is 0 Å². The summed E-state index contributed by atoms with van der Waals surface area (Å²) in [5.74, 6) is -0.346. The molecular weight excluding hydrogens is 422 g/mol. The first-order chi connectivity index (χ1) is 15.3. The highest BCUT2D eigenvalue weighted by atomic mass is 32.2. The predicted octanol–water partition coefficient (Wildman–Crippen LogP) is 4.19. The number of anilines is 2. The molecule has 0 spiro atoms. The van der Waals surface area contributed by atoms with Gasteiger partial charge in [-0.15, -0.1) is 0 Å². The molecule has 0 atom stereocenters. The van der Waals surface area contributed by atoms with E-state index in [1.807, 2.05) is 30.3 Å². The lowest BCUT2D eigenvalue weighted by Crippen LogP contribution is -2.30. The molecular formula is C25H27N3O3S. The van der Waals surface area contributed by atoms with Crippen molar-refractivity contribution in [3.63, 3.8) is 0 Å². The van der Waals surface area contributed by atoms with Gasteiger partial charge in [0.2, 0.25) is 10.0 Å². The molecule has 0 bridgehead atoms. The number of nitrogens with one attached hydrogen (secondary N) is 2. The Labute approximate surface area is 189 Å². The van der Waals surface area contributed by atoms with E-state index in [1.165, 1.54) is 23.4 Å². The van der Waals surface area contributed by atoms with E-state index in [4.69, 9.17) is 0 Å². The number of fused-ring (bicyclic) bond motifs is 1. The average molecular weight is 450 g/mol. The van der Waals surface area contributed by atoms with E-state index >= 15 is 0 Å². The Balaban J connectivity index is 1.54. The van der Waals surface area contributed by atoms with Crippen molar-refractivity contribution in [3.8, 4) is 0 Å². The monoisotopic (exact) mass is 449 g/mol. The molecule has 0 radical (unpaired) electrons. The van der Waals surface area contributed by atoms with Crippen LogP contribution < -0.4 is 14.9 Å². The van der Waals surface area contributed by atoms with Gasteiger partial charge in [0.25, 0.3) is 5.91 Å². The summed E-state index contributed by atoms with van der Waals surface area (Å²) in [4.78, 5) is 15.3. The minimum Gasteiger partial charge on any atom is -0.367 e. The first-order valence-corrected chi connectivity index (χ1v) is 12.2. The lowest BCUT2D eigenvalue weighted by Gasteiger charge is -2.21. The van der Waals surface area contributed by atoms with Crippen molar-refractivity contribution >= 4 is 27.3 Å². The van der Waals surface area contributed by atoms with Crippen LogP contribution in [0.15, 0.2) is 77.7 Å². The zero-order chi connectivity index (χ0) is 22.7. The van der Waals surface area contributed by atoms with Crippen molar-refractivity contribution in [1.82, 2.24) is 4.72 Å². The number of carbonyl (C=O) groups excluding carboxylic acids is 1. The Morgan fingerprint density at radius 2 is 1.75 bits per heavy atom. The van der Waals surface area contributed by atoms with Crippen molar-refractivity contribution < 1.29 is 13.2 Å². The quantitative estimate of drug-likeness (QED) is 0.567. The molecule has 166 valence electrons. The number of sulfonamides is 1. The Morgan fingerprint density at radius 1 is 1.00 bits per heavy atom. The summed E-state index contributed by atoms with van der Waals surface area (Å²) in [6.07, 6.45) is 1.01. The number of hydrogen-bond acceptors (Lipinski definition) is 4. The van der Waals surface area contributed by atoms with Gasteiger partial charge < -0.3 is 10.2 Å². The average Bonchev–Trinajstić information content (AvgIpc) is 3.17. The highest BCUT2D eigenvalue weighted by Gasteiger charge is 2.21. The maximum absolute atomic E-state index is 13.0. The van der Waals surface area contributed by atoms with Crippen LogP contribution in [0.5, 0.6) is 0 Å². The van der Waals surface area contributed by atoms with E-state index in [9.17, 15) is 13.2 Å². The van der Waals surface area contributed by atoms with Crippen LogP contribution in [0.1, 0.15) is 35.3 Å². The molecule has 1 aliphatic heterocycles. The molecule has 3 aromatic rings. The third-order valence-electron chi connectivity index (χ3n) is 5.41. The first-order valence-electron chi connectivity index (χ1n) is 10.7. The van der Waals surface area contributed by atoms with Gasteiger partial charge in [-0.25, -0.2) is 13.1 Å². The molecule has 4 rings (SSSR count). The second-order valence-corrected chi connectivity index (χ2v) is 9.93.